The maximum Gasteiger partial charge on any atom is 0.219 e. The molecule has 1 amide bonds. The van der Waals surface area contributed by atoms with Crippen molar-refractivity contribution in [1.29, 1.82) is 0 Å². The number of ether oxygens (including phenoxy) is 1. The van der Waals surface area contributed by atoms with Crippen molar-refractivity contribution in [2.45, 2.75) is 31.4 Å². The van der Waals surface area contributed by atoms with Gasteiger partial charge in [-0.15, -0.1) is 0 Å². The summed E-state index contributed by atoms with van der Waals surface area (Å²) in [6.07, 6.45) is 5.94. The van der Waals surface area contributed by atoms with E-state index in [1.165, 1.54) is 5.56 Å². The van der Waals surface area contributed by atoms with Crippen LogP contribution in [0.5, 0.6) is 5.75 Å². The number of fused-ring (bicyclic) bond motifs is 1. The Hall–Kier alpha value is -2.23. The fourth-order valence-electron chi connectivity index (χ4n) is 3.89. The van der Waals surface area contributed by atoms with Crippen LogP contribution < -0.4 is 4.74 Å². The van der Waals surface area contributed by atoms with Crippen molar-refractivity contribution in [2.24, 2.45) is 0 Å². The minimum Gasteiger partial charge on any atom is -0.484 e. The lowest BCUT2D eigenvalue weighted by molar-refractivity contribution is -0.132. The Kier molecular flexibility index (Phi) is 2.99. The molecule has 2 aliphatic heterocycles. The van der Waals surface area contributed by atoms with Gasteiger partial charge in [0, 0.05) is 50.8 Å². The largest absolute Gasteiger partial charge is 0.484 e. The topological polar surface area (TPSA) is 34.5 Å². The lowest BCUT2D eigenvalue weighted by Gasteiger charge is -2.42. The normalized spacial score (nSPS) is 22.4. The van der Waals surface area contributed by atoms with Crippen LogP contribution in [0.3, 0.4) is 0 Å². The van der Waals surface area contributed by atoms with Gasteiger partial charge in [-0.05, 0) is 18.2 Å². The average molecular weight is 296 g/mol. The monoisotopic (exact) mass is 296 g/mol. The molecule has 2 aromatic rings. The van der Waals surface area contributed by atoms with Gasteiger partial charge in [0.05, 0.1) is 0 Å². The number of nitrogens with zero attached hydrogens (tertiary/aromatic N) is 2. The molecule has 1 aromatic carbocycles. The molecule has 1 unspecified atom stereocenters. The predicted octanol–water partition coefficient (Wildman–Crippen LogP) is 2.85. The summed E-state index contributed by atoms with van der Waals surface area (Å²) < 4.78 is 8.69. The van der Waals surface area contributed by atoms with Gasteiger partial charge in [0.15, 0.2) is 0 Å². The molecule has 1 spiro atoms. The zero-order valence-corrected chi connectivity index (χ0v) is 12.7. The van der Waals surface area contributed by atoms with Gasteiger partial charge in [0.2, 0.25) is 5.91 Å². The van der Waals surface area contributed by atoms with Crippen LogP contribution in [0.4, 0.5) is 0 Å². The Morgan fingerprint density at radius 2 is 1.82 bits per heavy atom. The van der Waals surface area contributed by atoms with E-state index >= 15 is 0 Å². The van der Waals surface area contributed by atoms with Gasteiger partial charge in [-0.2, -0.15) is 0 Å². The number of aromatic nitrogens is 1. The minimum atomic E-state index is -0.241. The number of carbonyl (C=O) groups is 1. The Bertz CT molecular complexity index is 685. The molecular formula is C18H20N2O2. The van der Waals surface area contributed by atoms with E-state index in [1.807, 2.05) is 11.0 Å². The maximum absolute atomic E-state index is 11.6. The number of likely N-dealkylation sites (tertiary alicyclic amines) is 1. The molecule has 0 aliphatic carbocycles. The molecule has 3 heterocycles. The number of hydrogen-bond acceptors (Lipinski definition) is 2. The number of benzene rings is 1. The summed E-state index contributed by atoms with van der Waals surface area (Å²) >= 11 is 0. The molecule has 1 aromatic heterocycles. The number of para-hydroxylation sites is 1. The van der Waals surface area contributed by atoms with E-state index in [4.69, 9.17) is 4.74 Å². The second kappa shape index (κ2) is 4.90. The molecule has 1 saturated heterocycles. The lowest BCUT2D eigenvalue weighted by atomic mass is 9.82. The second-order valence-corrected chi connectivity index (χ2v) is 6.24. The van der Waals surface area contributed by atoms with E-state index in [0.717, 1.165) is 31.7 Å². The average Bonchev–Trinajstić information content (AvgIpc) is 3.12. The summed E-state index contributed by atoms with van der Waals surface area (Å²) in [7, 11) is 0. The van der Waals surface area contributed by atoms with E-state index in [-0.39, 0.29) is 17.6 Å². The molecule has 1 atom stereocenters. The number of rotatable bonds is 1. The third-order valence-electron chi connectivity index (χ3n) is 5.01. The summed E-state index contributed by atoms with van der Waals surface area (Å²) in [4.78, 5) is 13.5. The molecule has 0 N–H and O–H groups in total. The van der Waals surface area contributed by atoms with E-state index in [1.54, 1.807) is 6.92 Å². The van der Waals surface area contributed by atoms with Crippen LogP contribution in [0, 0.1) is 0 Å². The molecule has 0 radical (unpaired) electrons. The van der Waals surface area contributed by atoms with Crippen LogP contribution in [0.2, 0.25) is 0 Å². The number of amides is 1. The molecule has 4 rings (SSSR count). The molecule has 0 bridgehead atoms. The van der Waals surface area contributed by atoms with Crippen LogP contribution in [0.15, 0.2) is 48.8 Å². The Balaban J connectivity index is 1.72. The second-order valence-electron chi connectivity index (χ2n) is 6.24. The van der Waals surface area contributed by atoms with Crippen molar-refractivity contribution in [3.05, 3.63) is 54.4 Å². The van der Waals surface area contributed by atoms with Gasteiger partial charge in [0.1, 0.15) is 17.4 Å². The minimum absolute atomic E-state index is 0.155. The number of carbonyl (C=O) groups excluding carboxylic acids is 1. The third-order valence-corrected chi connectivity index (χ3v) is 5.01. The first-order valence-electron chi connectivity index (χ1n) is 7.85. The lowest BCUT2D eigenvalue weighted by Crippen LogP contribution is -2.51. The fourth-order valence-corrected chi connectivity index (χ4v) is 3.89. The smallest absolute Gasteiger partial charge is 0.219 e. The van der Waals surface area contributed by atoms with Crippen molar-refractivity contribution in [2.75, 3.05) is 13.1 Å². The highest BCUT2D eigenvalue weighted by molar-refractivity contribution is 5.73. The Labute approximate surface area is 130 Å². The first-order chi connectivity index (χ1) is 10.7. The van der Waals surface area contributed by atoms with Crippen molar-refractivity contribution in [3.63, 3.8) is 0 Å². The first kappa shape index (κ1) is 13.4. The molecule has 1 fully saturated rings. The SMILES string of the molecule is CC(=O)N1CCC2(CC1)Oc1ccccc1C2n1cccc1. The zero-order chi connectivity index (χ0) is 15.2. The number of piperidine rings is 1. The third kappa shape index (κ3) is 1.94. The van der Waals surface area contributed by atoms with Crippen LogP contribution in [-0.4, -0.2) is 34.1 Å². The molecule has 4 nitrogen and oxygen atoms in total. The van der Waals surface area contributed by atoms with Crippen molar-refractivity contribution in [3.8, 4) is 5.75 Å². The highest BCUT2D eigenvalue weighted by Crippen LogP contribution is 2.50. The summed E-state index contributed by atoms with van der Waals surface area (Å²) in [6, 6.07) is 12.6. The van der Waals surface area contributed by atoms with Gasteiger partial charge in [0.25, 0.3) is 0 Å². The molecular weight excluding hydrogens is 276 g/mol. The zero-order valence-electron chi connectivity index (χ0n) is 12.7. The standard InChI is InChI=1S/C18H20N2O2/c1-14(21)19-12-8-18(9-13-19)17(20-10-4-5-11-20)15-6-2-3-7-16(15)22-18/h2-7,10-11,17H,8-9,12-13H2,1H3. The van der Waals surface area contributed by atoms with Crippen molar-refractivity contribution in [1.82, 2.24) is 9.47 Å². The van der Waals surface area contributed by atoms with Crippen molar-refractivity contribution >= 4 is 5.91 Å². The molecule has 2 aliphatic rings. The Morgan fingerprint density at radius 3 is 2.50 bits per heavy atom. The van der Waals surface area contributed by atoms with Gasteiger partial charge >= 0.3 is 0 Å². The summed E-state index contributed by atoms with van der Waals surface area (Å²) in [6.45, 7) is 3.17. The van der Waals surface area contributed by atoms with Gasteiger partial charge in [-0.1, -0.05) is 18.2 Å². The Morgan fingerprint density at radius 1 is 1.14 bits per heavy atom. The van der Waals surface area contributed by atoms with Gasteiger partial charge < -0.3 is 14.2 Å². The first-order valence-corrected chi connectivity index (χ1v) is 7.85. The van der Waals surface area contributed by atoms with E-state index in [2.05, 4.69) is 47.3 Å². The predicted molar refractivity (Wildman–Crippen MR) is 83.9 cm³/mol. The molecule has 114 valence electrons. The fraction of sp³-hybridized carbons (Fsp3) is 0.389. The van der Waals surface area contributed by atoms with Gasteiger partial charge in [-0.3, -0.25) is 4.79 Å². The maximum atomic E-state index is 11.6. The quantitative estimate of drug-likeness (QED) is 0.811. The highest BCUT2D eigenvalue weighted by Gasteiger charge is 2.50. The molecule has 4 heteroatoms. The number of hydrogen-bond donors (Lipinski definition) is 0. The van der Waals surface area contributed by atoms with E-state index < -0.39 is 0 Å². The van der Waals surface area contributed by atoms with Crippen LogP contribution >= 0.6 is 0 Å². The summed E-state index contributed by atoms with van der Waals surface area (Å²) in [5.41, 5.74) is 1.00. The van der Waals surface area contributed by atoms with E-state index in [9.17, 15) is 4.79 Å². The molecule has 0 saturated carbocycles. The summed E-state index contributed by atoms with van der Waals surface area (Å²) in [5.74, 6) is 1.14. The van der Waals surface area contributed by atoms with Crippen LogP contribution in [-0.2, 0) is 4.79 Å². The van der Waals surface area contributed by atoms with Crippen LogP contribution in [0.25, 0.3) is 0 Å². The van der Waals surface area contributed by atoms with Crippen LogP contribution in [0.1, 0.15) is 31.4 Å². The highest BCUT2D eigenvalue weighted by atomic mass is 16.5. The van der Waals surface area contributed by atoms with Gasteiger partial charge in [-0.25, -0.2) is 0 Å². The van der Waals surface area contributed by atoms with E-state index in [0.29, 0.717) is 0 Å². The summed E-state index contributed by atoms with van der Waals surface area (Å²) in [5, 5.41) is 0. The van der Waals surface area contributed by atoms with Crippen molar-refractivity contribution < 1.29 is 9.53 Å². The molecule has 22 heavy (non-hydrogen) atoms.